The van der Waals surface area contributed by atoms with Crippen LogP contribution < -0.4 is 5.32 Å². The minimum absolute atomic E-state index is 0.192. The van der Waals surface area contributed by atoms with Gasteiger partial charge < -0.3 is 5.32 Å². The van der Waals surface area contributed by atoms with Gasteiger partial charge in [-0.25, -0.2) is 0 Å². The van der Waals surface area contributed by atoms with E-state index >= 15 is 0 Å². The second-order valence-electron chi connectivity index (χ2n) is 4.06. The van der Waals surface area contributed by atoms with Crippen molar-refractivity contribution in [2.45, 2.75) is 6.92 Å². The van der Waals surface area contributed by atoms with Gasteiger partial charge in [0.25, 0.3) is 0 Å². The van der Waals surface area contributed by atoms with E-state index in [1.54, 1.807) is 30.6 Å². The van der Waals surface area contributed by atoms with Gasteiger partial charge in [0.15, 0.2) is 0 Å². The summed E-state index contributed by atoms with van der Waals surface area (Å²) in [5.74, 6) is -0.192. The molecule has 0 aliphatic rings. The zero-order valence-electron chi connectivity index (χ0n) is 10.4. The molecule has 2 rings (SSSR count). The molecule has 0 saturated carbocycles. The number of carbonyl (C=O) groups excluding carboxylic acids is 1. The predicted octanol–water partition coefficient (Wildman–Crippen LogP) is 3.70. The van der Waals surface area contributed by atoms with Crippen molar-refractivity contribution in [3.63, 3.8) is 0 Å². The van der Waals surface area contributed by atoms with Crippen molar-refractivity contribution in [2.75, 3.05) is 5.32 Å². The number of nitrogens with zero attached hydrogens (tertiary/aromatic N) is 1. The number of carbonyl (C=O) groups is 1. The number of hydrogen-bond acceptors (Lipinski definition) is 2. The summed E-state index contributed by atoms with van der Waals surface area (Å²) in [6.45, 7) is 1.92. The van der Waals surface area contributed by atoms with Gasteiger partial charge in [-0.2, -0.15) is 0 Å². The van der Waals surface area contributed by atoms with Crippen molar-refractivity contribution in [2.24, 2.45) is 0 Å². The van der Waals surface area contributed by atoms with Gasteiger partial charge in [-0.1, -0.05) is 17.7 Å². The van der Waals surface area contributed by atoms with Crippen molar-refractivity contribution >= 4 is 29.3 Å². The fourth-order valence-corrected chi connectivity index (χ4v) is 1.72. The molecule has 0 unspecified atom stereocenters. The van der Waals surface area contributed by atoms with Crippen molar-refractivity contribution in [3.05, 3.63) is 65.0 Å². The molecule has 0 fully saturated rings. The van der Waals surface area contributed by atoms with Gasteiger partial charge in [-0.05, 0) is 48.4 Å². The molecular weight excluding hydrogens is 260 g/mol. The zero-order valence-corrected chi connectivity index (χ0v) is 11.2. The van der Waals surface area contributed by atoms with E-state index in [9.17, 15) is 4.79 Å². The van der Waals surface area contributed by atoms with E-state index < -0.39 is 0 Å². The molecule has 0 atom stereocenters. The standard InChI is InChI=1S/C15H13ClN2O/c1-11-2-4-13(16)10-14(11)18-15(19)5-3-12-6-8-17-9-7-12/h2-10H,1H3,(H,18,19). The first-order valence-electron chi connectivity index (χ1n) is 5.80. The number of hydrogen-bond donors (Lipinski definition) is 1. The van der Waals surface area contributed by atoms with Gasteiger partial charge in [-0.15, -0.1) is 0 Å². The average molecular weight is 273 g/mol. The van der Waals surface area contributed by atoms with E-state index in [0.29, 0.717) is 5.02 Å². The summed E-state index contributed by atoms with van der Waals surface area (Å²) in [7, 11) is 0. The quantitative estimate of drug-likeness (QED) is 0.866. The van der Waals surface area contributed by atoms with Crippen LogP contribution >= 0.6 is 11.6 Å². The molecule has 96 valence electrons. The fraction of sp³-hybridized carbons (Fsp3) is 0.0667. The molecule has 0 spiro atoms. The third kappa shape index (κ3) is 3.93. The summed E-state index contributed by atoms with van der Waals surface area (Å²) in [6, 6.07) is 9.04. The van der Waals surface area contributed by atoms with Gasteiger partial charge in [0.2, 0.25) is 5.91 Å². The molecule has 3 nitrogen and oxygen atoms in total. The molecule has 1 aromatic heterocycles. The van der Waals surface area contributed by atoms with Crippen LogP contribution in [0, 0.1) is 6.92 Å². The summed E-state index contributed by atoms with van der Waals surface area (Å²) in [4.78, 5) is 15.7. The zero-order chi connectivity index (χ0) is 13.7. The number of nitrogens with one attached hydrogen (secondary N) is 1. The fourth-order valence-electron chi connectivity index (χ4n) is 1.55. The van der Waals surface area contributed by atoms with Crippen LogP contribution in [-0.4, -0.2) is 10.9 Å². The number of pyridine rings is 1. The van der Waals surface area contributed by atoms with Crippen LogP contribution in [0.15, 0.2) is 48.8 Å². The normalized spacial score (nSPS) is 10.6. The van der Waals surface area contributed by atoms with E-state index in [1.165, 1.54) is 6.08 Å². The Balaban J connectivity index is 2.06. The monoisotopic (exact) mass is 272 g/mol. The first-order chi connectivity index (χ1) is 9.15. The van der Waals surface area contributed by atoms with Crippen molar-refractivity contribution in [3.8, 4) is 0 Å². The lowest BCUT2D eigenvalue weighted by Crippen LogP contribution is -2.08. The number of anilines is 1. The lowest BCUT2D eigenvalue weighted by Gasteiger charge is -2.06. The number of aromatic nitrogens is 1. The number of benzene rings is 1. The average Bonchev–Trinajstić information content (AvgIpc) is 2.42. The Bertz CT molecular complexity index is 609. The molecule has 1 aromatic carbocycles. The summed E-state index contributed by atoms with van der Waals surface area (Å²) in [5.41, 5.74) is 2.61. The lowest BCUT2D eigenvalue weighted by atomic mass is 10.2. The van der Waals surface area contributed by atoms with Crippen LogP contribution in [0.4, 0.5) is 5.69 Å². The number of halogens is 1. The molecule has 0 radical (unpaired) electrons. The summed E-state index contributed by atoms with van der Waals surface area (Å²) >= 11 is 5.90. The Morgan fingerprint density at radius 3 is 2.74 bits per heavy atom. The highest BCUT2D eigenvalue weighted by atomic mass is 35.5. The van der Waals surface area contributed by atoms with Crippen molar-refractivity contribution in [1.82, 2.24) is 4.98 Å². The van der Waals surface area contributed by atoms with Crippen LogP contribution in [0.25, 0.3) is 6.08 Å². The molecule has 0 aliphatic carbocycles. The molecule has 0 saturated heterocycles. The van der Waals surface area contributed by atoms with Gasteiger partial charge in [0.1, 0.15) is 0 Å². The molecule has 1 N–H and O–H groups in total. The molecular formula is C15H13ClN2O. The number of rotatable bonds is 3. The van der Waals surface area contributed by atoms with Gasteiger partial charge in [0.05, 0.1) is 0 Å². The predicted molar refractivity (Wildman–Crippen MR) is 78.1 cm³/mol. The van der Waals surface area contributed by atoms with E-state index in [4.69, 9.17) is 11.6 Å². The Labute approximate surface area is 116 Å². The van der Waals surface area contributed by atoms with E-state index in [1.807, 2.05) is 25.1 Å². The molecule has 4 heteroatoms. The minimum Gasteiger partial charge on any atom is -0.322 e. The maximum absolute atomic E-state index is 11.8. The number of aryl methyl sites for hydroxylation is 1. The SMILES string of the molecule is Cc1ccc(Cl)cc1NC(=O)C=Cc1ccncc1. The van der Waals surface area contributed by atoms with Crippen LogP contribution in [0.1, 0.15) is 11.1 Å². The van der Waals surface area contributed by atoms with E-state index in [0.717, 1.165) is 16.8 Å². The molecule has 0 aliphatic heterocycles. The Morgan fingerprint density at radius 1 is 1.26 bits per heavy atom. The molecule has 0 bridgehead atoms. The van der Waals surface area contributed by atoms with E-state index in [-0.39, 0.29) is 5.91 Å². The highest BCUT2D eigenvalue weighted by Crippen LogP contribution is 2.20. The number of amides is 1. The van der Waals surface area contributed by atoms with Crippen LogP contribution in [0.5, 0.6) is 0 Å². The highest BCUT2D eigenvalue weighted by molar-refractivity contribution is 6.31. The Hall–Kier alpha value is -2.13. The first-order valence-corrected chi connectivity index (χ1v) is 6.18. The maximum atomic E-state index is 11.8. The second-order valence-corrected chi connectivity index (χ2v) is 4.50. The van der Waals surface area contributed by atoms with Gasteiger partial charge in [-0.3, -0.25) is 9.78 Å². The second kappa shape index (κ2) is 6.16. The Kier molecular flexibility index (Phi) is 4.31. The molecule has 1 heterocycles. The van der Waals surface area contributed by atoms with Crippen LogP contribution in [0.2, 0.25) is 5.02 Å². The third-order valence-corrected chi connectivity index (χ3v) is 2.83. The minimum atomic E-state index is -0.192. The summed E-state index contributed by atoms with van der Waals surface area (Å²) in [6.07, 6.45) is 6.57. The molecule has 1 amide bonds. The smallest absolute Gasteiger partial charge is 0.248 e. The molecule has 2 aromatic rings. The van der Waals surface area contributed by atoms with E-state index in [2.05, 4.69) is 10.3 Å². The topological polar surface area (TPSA) is 42.0 Å². The largest absolute Gasteiger partial charge is 0.322 e. The van der Waals surface area contributed by atoms with Crippen LogP contribution in [0.3, 0.4) is 0 Å². The van der Waals surface area contributed by atoms with Gasteiger partial charge in [0, 0.05) is 29.2 Å². The van der Waals surface area contributed by atoms with Crippen LogP contribution in [-0.2, 0) is 4.79 Å². The summed E-state index contributed by atoms with van der Waals surface area (Å²) < 4.78 is 0. The highest BCUT2D eigenvalue weighted by Gasteiger charge is 2.02. The third-order valence-electron chi connectivity index (χ3n) is 2.59. The van der Waals surface area contributed by atoms with Crippen molar-refractivity contribution in [1.29, 1.82) is 0 Å². The maximum Gasteiger partial charge on any atom is 0.248 e. The van der Waals surface area contributed by atoms with Gasteiger partial charge >= 0.3 is 0 Å². The Morgan fingerprint density at radius 2 is 2.00 bits per heavy atom. The first kappa shape index (κ1) is 13.3. The van der Waals surface area contributed by atoms with Crippen molar-refractivity contribution < 1.29 is 4.79 Å². The summed E-state index contributed by atoms with van der Waals surface area (Å²) in [5, 5.41) is 3.39. The molecule has 19 heavy (non-hydrogen) atoms. The lowest BCUT2D eigenvalue weighted by molar-refractivity contribution is -0.111.